The van der Waals surface area contributed by atoms with Crippen molar-refractivity contribution in [2.24, 2.45) is 0 Å². The lowest BCUT2D eigenvalue weighted by atomic mass is 9.95. The first-order valence-electron chi connectivity index (χ1n) is 11.4. The molecule has 0 bridgehead atoms. The molecule has 2 aromatic heterocycles. The standard InChI is InChI=1S/C24H24F4N6O/c1-14-3-5-19-18(11-14)15(2)33(23(35)24(26,27)28)13-21-30-31-22(34(19)21)16-7-9-32(10-8-16)20-6-4-17(25)12-29-20/h3-6,11-12,15-16H,7-10,13H2,1-2H3. The van der Waals surface area contributed by atoms with Crippen LogP contribution in [0.4, 0.5) is 23.4 Å². The maximum absolute atomic E-state index is 13.4. The third-order valence-electron chi connectivity index (χ3n) is 6.81. The molecule has 35 heavy (non-hydrogen) atoms. The number of nitrogens with zero attached hydrogens (tertiary/aromatic N) is 6. The first-order chi connectivity index (χ1) is 16.6. The number of halogens is 4. The van der Waals surface area contributed by atoms with Crippen LogP contribution in [0.3, 0.4) is 0 Å². The van der Waals surface area contributed by atoms with Gasteiger partial charge in [-0.05, 0) is 50.5 Å². The molecule has 184 valence electrons. The first-order valence-corrected chi connectivity index (χ1v) is 11.4. The van der Waals surface area contributed by atoms with E-state index in [0.29, 0.717) is 41.8 Å². The Balaban J connectivity index is 1.49. The number of carbonyl (C=O) groups excluding carboxylic acids is 1. The summed E-state index contributed by atoms with van der Waals surface area (Å²) in [7, 11) is 0. The smallest absolute Gasteiger partial charge is 0.357 e. The zero-order chi connectivity index (χ0) is 24.9. The predicted octanol–water partition coefficient (Wildman–Crippen LogP) is 4.46. The number of aromatic nitrogens is 4. The second-order valence-electron chi connectivity index (χ2n) is 9.07. The van der Waals surface area contributed by atoms with Crippen LogP contribution in [0, 0.1) is 12.7 Å². The van der Waals surface area contributed by atoms with Gasteiger partial charge >= 0.3 is 12.1 Å². The maximum atomic E-state index is 13.4. The molecule has 1 atom stereocenters. The van der Waals surface area contributed by atoms with E-state index in [2.05, 4.69) is 20.1 Å². The van der Waals surface area contributed by atoms with E-state index in [1.54, 1.807) is 13.0 Å². The van der Waals surface area contributed by atoms with Crippen LogP contribution in [0.15, 0.2) is 36.5 Å². The van der Waals surface area contributed by atoms with Gasteiger partial charge in [0.15, 0.2) is 5.82 Å². The Morgan fingerprint density at radius 2 is 1.83 bits per heavy atom. The molecular weight excluding hydrogens is 464 g/mol. The van der Waals surface area contributed by atoms with E-state index in [-0.39, 0.29) is 12.5 Å². The highest BCUT2D eigenvalue weighted by molar-refractivity contribution is 5.82. The molecule has 7 nitrogen and oxygen atoms in total. The molecule has 4 heterocycles. The molecule has 0 aliphatic carbocycles. The second-order valence-corrected chi connectivity index (χ2v) is 9.07. The van der Waals surface area contributed by atoms with Crippen molar-refractivity contribution < 1.29 is 22.4 Å². The lowest BCUT2D eigenvalue weighted by Gasteiger charge is -2.32. The zero-order valence-electron chi connectivity index (χ0n) is 19.3. The topological polar surface area (TPSA) is 67.2 Å². The molecule has 1 unspecified atom stereocenters. The molecule has 11 heteroatoms. The number of anilines is 1. The van der Waals surface area contributed by atoms with Gasteiger partial charge < -0.3 is 9.80 Å². The summed E-state index contributed by atoms with van der Waals surface area (Å²) in [5.41, 5.74) is 2.20. The van der Waals surface area contributed by atoms with Crippen LogP contribution in [0.5, 0.6) is 0 Å². The van der Waals surface area contributed by atoms with Crippen molar-refractivity contribution in [3.8, 4) is 5.69 Å². The summed E-state index contributed by atoms with van der Waals surface area (Å²) in [4.78, 5) is 19.3. The third kappa shape index (κ3) is 4.23. The molecule has 1 saturated heterocycles. The van der Waals surface area contributed by atoms with Gasteiger partial charge in [0.1, 0.15) is 17.5 Å². The molecular formula is C24H24F4N6O. The molecule has 0 spiro atoms. The Morgan fingerprint density at radius 3 is 2.49 bits per heavy atom. The average molecular weight is 488 g/mol. The minimum Gasteiger partial charge on any atom is -0.357 e. The number of aryl methyl sites for hydroxylation is 1. The monoisotopic (exact) mass is 488 g/mol. The lowest BCUT2D eigenvalue weighted by Crippen LogP contribution is -2.41. The van der Waals surface area contributed by atoms with E-state index >= 15 is 0 Å². The van der Waals surface area contributed by atoms with Crippen LogP contribution < -0.4 is 4.90 Å². The molecule has 1 amide bonds. The summed E-state index contributed by atoms with van der Waals surface area (Å²) >= 11 is 0. The van der Waals surface area contributed by atoms with Gasteiger partial charge in [-0.3, -0.25) is 9.36 Å². The molecule has 0 saturated carbocycles. The molecule has 0 N–H and O–H groups in total. The van der Waals surface area contributed by atoms with Crippen LogP contribution in [-0.2, 0) is 11.3 Å². The van der Waals surface area contributed by atoms with Crippen molar-refractivity contribution >= 4 is 11.7 Å². The number of fused-ring (bicyclic) bond motifs is 3. The van der Waals surface area contributed by atoms with Crippen molar-refractivity contribution in [3.63, 3.8) is 0 Å². The minimum absolute atomic E-state index is 0.0160. The quantitative estimate of drug-likeness (QED) is 0.499. The fourth-order valence-electron chi connectivity index (χ4n) is 4.96. The van der Waals surface area contributed by atoms with Gasteiger partial charge in [0.25, 0.3) is 0 Å². The van der Waals surface area contributed by atoms with Crippen molar-refractivity contribution in [2.75, 3.05) is 18.0 Å². The summed E-state index contributed by atoms with van der Waals surface area (Å²) in [5.74, 6) is -0.602. The van der Waals surface area contributed by atoms with Gasteiger partial charge in [0.05, 0.1) is 24.5 Å². The fourth-order valence-corrected chi connectivity index (χ4v) is 4.96. The molecule has 1 fully saturated rings. The van der Waals surface area contributed by atoms with Gasteiger partial charge in [0, 0.05) is 19.0 Å². The zero-order valence-corrected chi connectivity index (χ0v) is 19.3. The van der Waals surface area contributed by atoms with E-state index in [4.69, 9.17) is 0 Å². The Bertz CT molecular complexity index is 1250. The average Bonchev–Trinajstić information content (AvgIpc) is 3.20. The lowest BCUT2D eigenvalue weighted by molar-refractivity contribution is -0.188. The van der Waals surface area contributed by atoms with Gasteiger partial charge in [-0.1, -0.05) is 17.7 Å². The van der Waals surface area contributed by atoms with Crippen LogP contribution in [0.2, 0.25) is 0 Å². The van der Waals surface area contributed by atoms with E-state index in [1.165, 1.54) is 12.3 Å². The first kappa shape index (κ1) is 23.3. The number of alkyl halides is 3. The summed E-state index contributed by atoms with van der Waals surface area (Å²) in [6, 6.07) is 7.80. The highest BCUT2D eigenvalue weighted by Crippen LogP contribution is 2.38. The molecule has 3 aromatic rings. The van der Waals surface area contributed by atoms with Crippen molar-refractivity contribution in [1.82, 2.24) is 24.6 Å². The second kappa shape index (κ2) is 8.62. The van der Waals surface area contributed by atoms with E-state index in [1.807, 2.05) is 29.7 Å². The summed E-state index contributed by atoms with van der Waals surface area (Å²) in [5, 5.41) is 8.62. The number of amides is 1. The third-order valence-corrected chi connectivity index (χ3v) is 6.81. The van der Waals surface area contributed by atoms with Crippen LogP contribution >= 0.6 is 0 Å². The largest absolute Gasteiger partial charge is 0.471 e. The molecule has 0 radical (unpaired) electrons. The number of benzene rings is 1. The highest BCUT2D eigenvalue weighted by Gasteiger charge is 2.46. The Kier molecular flexibility index (Phi) is 5.72. The number of rotatable bonds is 2. The van der Waals surface area contributed by atoms with Crippen LogP contribution in [-0.4, -0.2) is 49.8 Å². The van der Waals surface area contributed by atoms with Crippen molar-refractivity contribution in [2.45, 2.75) is 51.4 Å². The van der Waals surface area contributed by atoms with Gasteiger partial charge in [-0.15, -0.1) is 10.2 Å². The van der Waals surface area contributed by atoms with E-state index < -0.39 is 23.9 Å². The molecule has 2 aliphatic rings. The number of hydrogen-bond donors (Lipinski definition) is 0. The number of hydrogen-bond acceptors (Lipinski definition) is 5. The minimum atomic E-state index is -4.99. The molecule has 5 rings (SSSR count). The summed E-state index contributed by atoms with van der Waals surface area (Å²) < 4.78 is 55.3. The predicted molar refractivity (Wildman–Crippen MR) is 119 cm³/mol. The van der Waals surface area contributed by atoms with Gasteiger partial charge in [-0.2, -0.15) is 13.2 Å². The maximum Gasteiger partial charge on any atom is 0.471 e. The fraction of sp³-hybridized carbons (Fsp3) is 0.417. The molecule has 1 aromatic carbocycles. The van der Waals surface area contributed by atoms with E-state index in [0.717, 1.165) is 23.3 Å². The van der Waals surface area contributed by atoms with Crippen LogP contribution in [0.25, 0.3) is 5.69 Å². The number of carbonyl (C=O) groups is 1. The summed E-state index contributed by atoms with van der Waals surface area (Å²) in [6.45, 7) is 4.51. The SMILES string of the molecule is Cc1ccc2c(c1)C(C)N(C(=O)C(F)(F)F)Cc1nnc(C3CCN(c4ccc(F)cn4)CC3)n1-2. The Labute approximate surface area is 199 Å². The Hall–Kier alpha value is -3.50. The highest BCUT2D eigenvalue weighted by atomic mass is 19.4. The van der Waals surface area contributed by atoms with Gasteiger partial charge in [-0.25, -0.2) is 9.37 Å². The van der Waals surface area contributed by atoms with Crippen molar-refractivity contribution in [3.05, 3.63) is 65.1 Å². The molecule has 2 aliphatic heterocycles. The van der Waals surface area contributed by atoms with Gasteiger partial charge in [0.2, 0.25) is 0 Å². The summed E-state index contributed by atoms with van der Waals surface area (Å²) in [6.07, 6.45) is -2.36. The Morgan fingerprint density at radius 1 is 1.09 bits per heavy atom. The van der Waals surface area contributed by atoms with Crippen molar-refractivity contribution in [1.29, 1.82) is 0 Å². The van der Waals surface area contributed by atoms with Crippen LogP contribution in [0.1, 0.15) is 54.5 Å². The van der Waals surface area contributed by atoms with E-state index in [9.17, 15) is 22.4 Å². The normalized spacial score (nSPS) is 18.7. The number of piperidine rings is 1. The number of pyridine rings is 1.